The van der Waals surface area contributed by atoms with Crippen molar-refractivity contribution in [2.24, 2.45) is 0 Å². The molecule has 3 rings (SSSR count). The molecular formula is C21H35FN4OSi. The number of likely N-dealkylation sites (N-methyl/N-ethyl adjacent to an activating group) is 1. The van der Waals surface area contributed by atoms with Crippen molar-refractivity contribution < 1.29 is 8.82 Å². The van der Waals surface area contributed by atoms with Crippen molar-refractivity contribution in [3.63, 3.8) is 0 Å². The van der Waals surface area contributed by atoms with Crippen molar-refractivity contribution in [1.29, 1.82) is 0 Å². The summed E-state index contributed by atoms with van der Waals surface area (Å²) < 4.78 is 22.8. The number of pyridine rings is 1. The van der Waals surface area contributed by atoms with Gasteiger partial charge in [0.15, 0.2) is 19.8 Å². The summed E-state index contributed by atoms with van der Waals surface area (Å²) in [6.45, 7) is 15.4. The molecule has 0 aromatic carbocycles. The van der Waals surface area contributed by atoms with E-state index in [1.54, 1.807) is 6.07 Å². The Morgan fingerprint density at radius 1 is 1.11 bits per heavy atom. The molecular weight excluding hydrogens is 371 g/mol. The van der Waals surface area contributed by atoms with Crippen molar-refractivity contribution in [2.75, 3.05) is 20.2 Å². The summed E-state index contributed by atoms with van der Waals surface area (Å²) in [5.74, 6) is 0.515. The highest BCUT2D eigenvalue weighted by molar-refractivity contribution is 6.77. The molecule has 1 fully saturated rings. The standard InChI is InChI=1S/C21H35FN4OSi/c1-15(2)28(16(3)4,17(5)6)27-14-21(11-8-12-25(21)7)20-24-23-19-10-9-18(22)13-26(19)20/h9-10,13,15-17H,8,11-12,14H2,1-7H3/t21-/m1/s1. The molecule has 1 aliphatic rings. The van der Waals surface area contributed by atoms with Crippen LogP contribution in [0.1, 0.15) is 60.2 Å². The second-order valence-electron chi connectivity index (χ2n) is 9.26. The van der Waals surface area contributed by atoms with Crippen LogP contribution in [0, 0.1) is 5.82 Å². The van der Waals surface area contributed by atoms with Gasteiger partial charge in [0.05, 0.1) is 6.61 Å². The lowest BCUT2D eigenvalue weighted by molar-refractivity contribution is 0.0763. The van der Waals surface area contributed by atoms with E-state index in [1.807, 2.05) is 4.40 Å². The zero-order valence-electron chi connectivity index (χ0n) is 18.4. The minimum atomic E-state index is -2.02. The molecule has 0 bridgehead atoms. The SMILES string of the molecule is CC(C)[Si](OC[C@@]1(c2nnc3ccc(F)cn23)CCCN1C)(C(C)C)C(C)C. The van der Waals surface area contributed by atoms with Crippen molar-refractivity contribution in [3.05, 3.63) is 30.0 Å². The quantitative estimate of drug-likeness (QED) is 0.608. The minimum absolute atomic E-state index is 0.277. The van der Waals surface area contributed by atoms with Crippen molar-refractivity contribution in [1.82, 2.24) is 19.5 Å². The summed E-state index contributed by atoms with van der Waals surface area (Å²) in [6, 6.07) is 3.12. The summed E-state index contributed by atoms with van der Waals surface area (Å²) in [4.78, 5) is 2.33. The number of aromatic nitrogens is 3. The summed E-state index contributed by atoms with van der Waals surface area (Å²) >= 11 is 0. The van der Waals surface area contributed by atoms with Gasteiger partial charge in [0, 0.05) is 6.20 Å². The van der Waals surface area contributed by atoms with Crippen LogP contribution in [0.4, 0.5) is 4.39 Å². The highest BCUT2D eigenvalue weighted by Crippen LogP contribution is 2.45. The van der Waals surface area contributed by atoms with Gasteiger partial charge in [-0.05, 0) is 55.2 Å². The molecule has 1 aliphatic heterocycles. The average molecular weight is 407 g/mol. The van der Waals surface area contributed by atoms with Gasteiger partial charge in [-0.2, -0.15) is 0 Å². The Kier molecular flexibility index (Phi) is 5.99. The molecule has 156 valence electrons. The molecule has 0 saturated carbocycles. The maximum absolute atomic E-state index is 14.0. The number of hydrogen-bond acceptors (Lipinski definition) is 4. The molecule has 7 heteroatoms. The van der Waals surface area contributed by atoms with Crippen LogP contribution in [0.15, 0.2) is 18.3 Å². The van der Waals surface area contributed by atoms with E-state index < -0.39 is 8.32 Å². The normalized spacial score (nSPS) is 21.7. The topological polar surface area (TPSA) is 42.7 Å². The van der Waals surface area contributed by atoms with Crippen LogP contribution in [0.25, 0.3) is 5.65 Å². The van der Waals surface area contributed by atoms with E-state index in [9.17, 15) is 4.39 Å². The fourth-order valence-electron chi connectivity index (χ4n) is 5.47. The number of fused-ring (bicyclic) bond motifs is 1. The first-order valence-electron chi connectivity index (χ1n) is 10.5. The summed E-state index contributed by atoms with van der Waals surface area (Å²) in [5.41, 5.74) is 1.86. The number of rotatable bonds is 7. The van der Waals surface area contributed by atoms with E-state index in [4.69, 9.17) is 4.43 Å². The Morgan fingerprint density at radius 3 is 2.29 bits per heavy atom. The number of halogens is 1. The Morgan fingerprint density at radius 2 is 1.75 bits per heavy atom. The van der Waals surface area contributed by atoms with E-state index in [0.29, 0.717) is 28.9 Å². The predicted octanol–water partition coefficient (Wildman–Crippen LogP) is 4.98. The van der Waals surface area contributed by atoms with E-state index in [1.165, 1.54) is 12.3 Å². The number of nitrogens with zero attached hydrogens (tertiary/aromatic N) is 4. The molecule has 0 amide bonds. The maximum atomic E-state index is 14.0. The maximum Gasteiger partial charge on any atom is 0.200 e. The highest BCUT2D eigenvalue weighted by atomic mass is 28.4. The summed E-state index contributed by atoms with van der Waals surface area (Å²) in [7, 11) is 0.104. The lowest BCUT2D eigenvalue weighted by atomic mass is 9.96. The van der Waals surface area contributed by atoms with Crippen LogP contribution in [-0.4, -0.2) is 48.0 Å². The van der Waals surface area contributed by atoms with Crippen LogP contribution >= 0.6 is 0 Å². The average Bonchev–Trinajstić information content (AvgIpc) is 3.18. The van der Waals surface area contributed by atoms with Gasteiger partial charge in [0.2, 0.25) is 0 Å². The van der Waals surface area contributed by atoms with Crippen LogP contribution < -0.4 is 0 Å². The lowest BCUT2D eigenvalue weighted by Gasteiger charge is -2.45. The summed E-state index contributed by atoms with van der Waals surface area (Å²) in [5, 5.41) is 8.83. The number of likely N-dealkylation sites (tertiary alicyclic amines) is 1. The van der Waals surface area contributed by atoms with Crippen molar-refractivity contribution in [2.45, 2.75) is 76.5 Å². The van der Waals surface area contributed by atoms with E-state index in [0.717, 1.165) is 25.2 Å². The lowest BCUT2D eigenvalue weighted by Crippen LogP contribution is -2.53. The van der Waals surface area contributed by atoms with Gasteiger partial charge in [0.1, 0.15) is 11.4 Å². The molecule has 1 atom stereocenters. The van der Waals surface area contributed by atoms with E-state index in [2.05, 4.69) is 63.7 Å². The first-order chi connectivity index (χ1) is 13.1. The minimum Gasteiger partial charge on any atom is -0.414 e. The Balaban J connectivity index is 2.04. The van der Waals surface area contributed by atoms with Gasteiger partial charge in [-0.25, -0.2) is 4.39 Å². The molecule has 0 spiro atoms. The molecule has 1 saturated heterocycles. The number of hydrogen-bond donors (Lipinski definition) is 0. The van der Waals surface area contributed by atoms with Gasteiger partial charge in [-0.3, -0.25) is 9.30 Å². The second-order valence-corrected chi connectivity index (χ2v) is 14.7. The molecule has 2 aromatic rings. The van der Waals surface area contributed by atoms with Crippen LogP contribution in [-0.2, 0) is 9.96 Å². The zero-order valence-corrected chi connectivity index (χ0v) is 19.4. The van der Waals surface area contributed by atoms with Crippen LogP contribution in [0.2, 0.25) is 16.6 Å². The first-order valence-corrected chi connectivity index (χ1v) is 12.6. The Labute approximate surface area is 169 Å². The summed E-state index contributed by atoms with van der Waals surface area (Å²) in [6.07, 6.45) is 3.51. The smallest absolute Gasteiger partial charge is 0.200 e. The van der Waals surface area contributed by atoms with Crippen LogP contribution in [0.3, 0.4) is 0 Å². The highest BCUT2D eigenvalue weighted by Gasteiger charge is 2.50. The molecule has 2 aromatic heterocycles. The van der Waals surface area contributed by atoms with Crippen molar-refractivity contribution in [3.8, 4) is 0 Å². The zero-order chi connectivity index (χ0) is 20.7. The molecule has 0 aliphatic carbocycles. The molecule has 0 N–H and O–H groups in total. The Hall–Kier alpha value is -1.31. The molecule has 28 heavy (non-hydrogen) atoms. The molecule has 0 unspecified atom stereocenters. The van der Waals surface area contributed by atoms with E-state index >= 15 is 0 Å². The van der Waals surface area contributed by atoms with Gasteiger partial charge >= 0.3 is 0 Å². The van der Waals surface area contributed by atoms with Gasteiger partial charge in [-0.1, -0.05) is 41.5 Å². The van der Waals surface area contributed by atoms with Gasteiger partial charge < -0.3 is 4.43 Å². The Bertz CT molecular complexity index is 800. The van der Waals surface area contributed by atoms with Gasteiger partial charge in [0.25, 0.3) is 0 Å². The molecule has 5 nitrogen and oxygen atoms in total. The monoisotopic (exact) mass is 406 g/mol. The fourth-order valence-corrected chi connectivity index (χ4v) is 11.0. The third-order valence-electron chi connectivity index (χ3n) is 6.87. The van der Waals surface area contributed by atoms with Crippen LogP contribution in [0.5, 0.6) is 0 Å². The largest absolute Gasteiger partial charge is 0.414 e. The van der Waals surface area contributed by atoms with Gasteiger partial charge in [-0.15, -0.1) is 10.2 Å². The van der Waals surface area contributed by atoms with Crippen molar-refractivity contribution >= 4 is 14.0 Å². The fraction of sp³-hybridized carbons (Fsp3) is 0.714. The third-order valence-corrected chi connectivity index (χ3v) is 12.9. The second kappa shape index (κ2) is 7.84. The molecule has 3 heterocycles. The molecule has 0 radical (unpaired) electrons. The third kappa shape index (κ3) is 3.31. The predicted molar refractivity (Wildman–Crippen MR) is 113 cm³/mol. The van der Waals surface area contributed by atoms with E-state index in [-0.39, 0.29) is 11.4 Å². The first kappa shape index (κ1) is 21.4.